The first kappa shape index (κ1) is 13.5. The summed E-state index contributed by atoms with van der Waals surface area (Å²) in [4.78, 5) is 22.6. The molecule has 0 spiro atoms. The molecule has 0 heterocycles. The minimum absolute atomic E-state index is 0.0900. The van der Waals surface area contributed by atoms with E-state index in [1.54, 1.807) is 12.1 Å². The Labute approximate surface area is 111 Å². The molecule has 6 nitrogen and oxygen atoms in total. The summed E-state index contributed by atoms with van der Waals surface area (Å²) in [6.07, 6.45) is 3.70. The van der Waals surface area contributed by atoms with Gasteiger partial charge in [-0.25, -0.2) is 0 Å². The predicted molar refractivity (Wildman–Crippen MR) is 70.8 cm³/mol. The average Bonchev–Trinajstić information content (AvgIpc) is 2.87. The number of nitro benzene ring substituents is 1. The summed E-state index contributed by atoms with van der Waals surface area (Å²) in [5.41, 5.74) is 5.26. The highest BCUT2D eigenvalue weighted by molar-refractivity contribution is 5.98. The van der Waals surface area contributed by atoms with Crippen LogP contribution in [0.5, 0.6) is 0 Å². The molecule has 6 heteroatoms. The van der Waals surface area contributed by atoms with Crippen molar-refractivity contribution >= 4 is 11.6 Å². The molecule has 0 atom stereocenters. The number of nitrogens with two attached hydrogens (primary N) is 1. The van der Waals surface area contributed by atoms with Crippen LogP contribution in [-0.2, 0) is 0 Å². The summed E-state index contributed by atoms with van der Waals surface area (Å²) in [5.74, 6) is -0.417. The lowest BCUT2D eigenvalue weighted by molar-refractivity contribution is -0.385. The first-order valence-electron chi connectivity index (χ1n) is 6.34. The van der Waals surface area contributed by atoms with Gasteiger partial charge in [0.1, 0.15) is 5.56 Å². The van der Waals surface area contributed by atoms with Gasteiger partial charge in [-0.1, -0.05) is 25.0 Å². The summed E-state index contributed by atoms with van der Waals surface area (Å²) in [6, 6.07) is 5.96. The Morgan fingerprint density at radius 2 is 2.00 bits per heavy atom. The van der Waals surface area contributed by atoms with Crippen molar-refractivity contribution in [2.24, 2.45) is 5.73 Å². The highest BCUT2D eigenvalue weighted by atomic mass is 16.6. The van der Waals surface area contributed by atoms with Gasteiger partial charge in [0.05, 0.1) is 10.5 Å². The van der Waals surface area contributed by atoms with Gasteiger partial charge >= 0.3 is 0 Å². The Bertz CT molecular complexity index is 496. The van der Waals surface area contributed by atoms with Crippen LogP contribution in [0.15, 0.2) is 24.3 Å². The van der Waals surface area contributed by atoms with Gasteiger partial charge in [-0.05, 0) is 18.9 Å². The Balaban J connectivity index is 2.23. The smallest absolute Gasteiger partial charge is 0.282 e. The number of carbonyl (C=O) groups excluding carboxylic acids is 1. The molecule has 1 saturated carbocycles. The van der Waals surface area contributed by atoms with E-state index in [1.165, 1.54) is 12.1 Å². The molecule has 102 valence electrons. The van der Waals surface area contributed by atoms with Crippen molar-refractivity contribution in [3.05, 3.63) is 39.9 Å². The molecular formula is C13H17N3O3. The lowest BCUT2D eigenvalue weighted by Gasteiger charge is -2.28. The molecule has 1 aliphatic carbocycles. The number of nitrogens with zero attached hydrogens (tertiary/aromatic N) is 1. The van der Waals surface area contributed by atoms with Gasteiger partial charge in [-0.3, -0.25) is 14.9 Å². The van der Waals surface area contributed by atoms with Crippen molar-refractivity contribution in [2.45, 2.75) is 31.2 Å². The SMILES string of the molecule is NCC1(NC(=O)c2ccccc2[N+](=O)[O-])CCCC1. The Morgan fingerprint density at radius 3 is 2.58 bits per heavy atom. The van der Waals surface area contributed by atoms with Crippen LogP contribution in [0.4, 0.5) is 5.69 Å². The maximum Gasteiger partial charge on any atom is 0.282 e. The molecule has 0 unspecified atom stereocenters. The predicted octanol–water partition coefficient (Wildman–Crippen LogP) is 1.60. The van der Waals surface area contributed by atoms with E-state index in [4.69, 9.17) is 5.73 Å². The number of hydrogen-bond donors (Lipinski definition) is 2. The monoisotopic (exact) mass is 263 g/mol. The van der Waals surface area contributed by atoms with Gasteiger partial charge in [-0.15, -0.1) is 0 Å². The second kappa shape index (κ2) is 5.36. The number of para-hydroxylation sites is 1. The van der Waals surface area contributed by atoms with Crippen molar-refractivity contribution in [2.75, 3.05) is 6.54 Å². The molecule has 1 aromatic rings. The van der Waals surface area contributed by atoms with Crippen LogP contribution in [-0.4, -0.2) is 22.9 Å². The Morgan fingerprint density at radius 1 is 1.37 bits per heavy atom. The topological polar surface area (TPSA) is 98.3 Å². The number of nitro groups is 1. The van der Waals surface area contributed by atoms with Gasteiger partial charge in [0, 0.05) is 12.6 Å². The van der Waals surface area contributed by atoms with Gasteiger partial charge in [-0.2, -0.15) is 0 Å². The number of benzene rings is 1. The summed E-state index contributed by atoms with van der Waals surface area (Å²) >= 11 is 0. The van der Waals surface area contributed by atoms with E-state index in [2.05, 4.69) is 5.32 Å². The molecule has 19 heavy (non-hydrogen) atoms. The van der Waals surface area contributed by atoms with E-state index < -0.39 is 16.4 Å². The summed E-state index contributed by atoms with van der Waals surface area (Å²) in [6.45, 7) is 0.360. The van der Waals surface area contributed by atoms with Crippen LogP contribution in [0.3, 0.4) is 0 Å². The highest BCUT2D eigenvalue weighted by Gasteiger charge is 2.35. The van der Waals surface area contributed by atoms with E-state index >= 15 is 0 Å². The molecule has 1 aliphatic rings. The molecule has 2 rings (SSSR count). The lowest BCUT2D eigenvalue weighted by atomic mass is 9.97. The largest absolute Gasteiger partial charge is 0.345 e. The molecule has 1 amide bonds. The van der Waals surface area contributed by atoms with Crippen LogP contribution in [0, 0.1) is 10.1 Å². The fraction of sp³-hybridized carbons (Fsp3) is 0.462. The van der Waals surface area contributed by atoms with E-state index in [-0.39, 0.29) is 11.3 Å². The van der Waals surface area contributed by atoms with Gasteiger partial charge in [0.2, 0.25) is 0 Å². The van der Waals surface area contributed by atoms with Gasteiger partial charge in [0.25, 0.3) is 11.6 Å². The van der Waals surface area contributed by atoms with Crippen molar-refractivity contribution in [3.63, 3.8) is 0 Å². The van der Waals surface area contributed by atoms with E-state index in [9.17, 15) is 14.9 Å². The number of carbonyl (C=O) groups is 1. The first-order valence-corrected chi connectivity index (χ1v) is 6.34. The summed E-state index contributed by atoms with van der Waals surface area (Å²) in [5, 5.41) is 13.8. The summed E-state index contributed by atoms with van der Waals surface area (Å²) in [7, 11) is 0. The van der Waals surface area contributed by atoms with Crippen molar-refractivity contribution in [3.8, 4) is 0 Å². The Hall–Kier alpha value is -1.95. The average molecular weight is 263 g/mol. The first-order chi connectivity index (χ1) is 9.08. The van der Waals surface area contributed by atoms with E-state index in [0.29, 0.717) is 6.54 Å². The van der Waals surface area contributed by atoms with Crippen molar-refractivity contribution < 1.29 is 9.72 Å². The van der Waals surface area contributed by atoms with Crippen molar-refractivity contribution in [1.29, 1.82) is 0 Å². The van der Waals surface area contributed by atoms with Crippen LogP contribution in [0.1, 0.15) is 36.0 Å². The second-order valence-corrected chi connectivity index (χ2v) is 4.92. The second-order valence-electron chi connectivity index (χ2n) is 4.92. The van der Waals surface area contributed by atoms with Crippen LogP contribution in [0.25, 0.3) is 0 Å². The van der Waals surface area contributed by atoms with Gasteiger partial charge in [0.15, 0.2) is 0 Å². The summed E-state index contributed by atoms with van der Waals surface area (Å²) < 4.78 is 0. The normalized spacial score (nSPS) is 17.1. The maximum atomic E-state index is 12.2. The fourth-order valence-electron chi connectivity index (χ4n) is 2.56. The molecule has 1 fully saturated rings. The molecule has 3 N–H and O–H groups in total. The number of amides is 1. The molecule has 1 aromatic carbocycles. The van der Waals surface area contributed by atoms with Crippen molar-refractivity contribution in [1.82, 2.24) is 5.32 Å². The molecule has 0 bridgehead atoms. The fourth-order valence-corrected chi connectivity index (χ4v) is 2.56. The number of rotatable bonds is 4. The zero-order valence-electron chi connectivity index (χ0n) is 10.6. The quantitative estimate of drug-likeness (QED) is 0.636. The minimum Gasteiger partial charge on any atom is -0.345 e. The van der Waals surface area contributed by atoms with Gasteiger partial charge < -0.3 is 11.1 Å². The third-order valence-electron chi connectivity index (χ3n) is 3.68. The van der Waals surface area contributed by atoms with E-state index in [0.717, 1.165) is 25.7 Å². The minimum atomic E-state index is -0.543. The van der Waals surface area contributed by atoms with Crippen LogP contribution >= 0.6 is 0 Å². The molecular weight excluding hydrogens is 246 g/mol. The van der Waals surface area contributed by atoms with Crippen LogP contribution in [0.2, 0.25) is 0 Å². The maximum absolute atomic E-state index is 12.2. The lowest BCUT2D eigenvalue weighted by Crippen LogP contribution is -2.51. The third kappa shape index (κ3) is 2.73. The molecule has 0 saturated heterocycles. The third-order valence-corrected chi connectivity index (χ3v) is 3.68. The molecule has 0 aliphatic heterocycles. The molecule has 0 radical (unpaired) electrons. The number of hydrogen-bond acceptors (Lipinski definition) is 4. The Kier molecular flexibility index (Phi) is 3.80. The van der Waals surface area contributed by atoms with Crippen LogP contribution < -0.4 is 11.1 Å². The number of nitrogens with one attached hydrogen (secondary N) is 1. The van der Waals surface area contributed by atoms with E-state index in [1.807, 2.05) is 0 Å². The zero-order chi connectivity index (χ0) is 13.9. The molecule has 0 aromatic heterocycles. The zero-order valence-corrected chi connectivity index (χ0v) is 10.6. The standard InChI is InChI=1S/C13H17N3O3/c14-9-13(7-3-4-8-13)15-12(17)10-5-1-2-6-11(10)16(18)19/h1-2,5-6H,3-4,7-9,14H2,(H,15,17). The highest BCUT2D eigenvalue weighted by Crippen LogP contribution is 2.29.